The summed E-state index contributed by atoms with van der Waals surface area (Å²) in [6.07, 6.45) is 0. The molecular formula is C9H8O3. The zero-order valence-electron chi connectivity index (χ0n) is 6.41. The number of carbonyl (C=O) groups excluding carboxylic acids is 1. The average molecular weight is 164 g/mol. The normalized spacial score (nSPS) is 14.2. The fraction of sp³-hybridized carbons (Fsp3) is 0.222. The van der Waals surface area contributed by atoms with E-state index in [0.29, 0.717) is 17.7 Å². The van der Waals surface area contributed by atoms with Gasteiger partial charge in [-0.1, -0.05) is 18.2 Å². The number of hydrogen-bond donors (Lipinski definition) is 1. The van der Waals surface area contributed by atoms with Gasteiger partial charge in [-0.15, -0.1) is 0 Å². The van der Waals surface area contributed by atoms with E-state index in [1.165, 1.54) is 0 Å². The molecule has 0 atom stereocenters. The van der Waals surface area contributed by atoms with Gasteiger partial charge in [-0.2, -0.15) is 0 Å². The van der Waals surface area contributed by atoms with E-state index in [9.17, 15) is 4.79 Å². The van der Waals surface area contributed by atoms with E-state index in [2.05, 4.69) is 0 Å². The lowest BCUT2D eigenvalue weighted by molar-refractivity contribution is 0.0533. The number of aliphatic hydroxyl groups is 1. The van der Waals surface area contributed by atoms with Crippen LogP contribution < -0.4 is 0 Å². The maximum atomic E-state index is 11.1. The predicted octanol–water partition coefficient (Wildman–Crippen LogP) is 0.849. The van der Waals surface area contributed by atoms with Crippen LogP contribution in [0.3, 0.4) is 0 Å². The number of cyclic esters (lactones) is 1. The summed E-state index contributed by atoms with van der Waals surface area (Å²) in [7, 11) is 0. The van der Waals surface area contributed by atoms with E-state index in [0.717, 1.165) is 5.56 Å². The van der Waals surface area contributed by atoms with Crippen molar-refractivity contribution < 1.29 is 14.6 Å². The number of hydrogen-bond acceptors (Lipinski definition) is 3. The first-order chi connectivity index (χ1) is 5.83. The van der Waals surface area contributed by atoms with E-state index < -0.39 is 0 Å². The van der Waals surface area contributed by atoms with Crippen molar-refractivity contribution in [2.45, 2.75) is 13.2 Å². The maximum Gasteiger partial charge on any atom is 0.339 e. The number of esters is 1. The first-order valence-electron chi connectivity index (χ1n) is 3.71. The van der Waals surface area contributed by atoms with Gasteiger partial charge < -0.3 is 9.84 Å². The van der Waals surface area contributed by atoms with Gasteiger partial charge in [0.1, 0.15) is 6.61 Å². The van der Waals surface area contributed by atoms with Crippen molar-refractivity contribution >= 4 is 5.97 Å². The topological polar surface area (TPSA) is 46.5 Å². The van der Waals surface area contributed by atoms with Crippen molar-refractivity contribution in [1.29, 1.82) is 0 Å². The lowest BCUT2D eigenvalue weighted by atomic mass is 10.0. The number of aliphatic hydroxyl groups excluding tert-OH is 1. The molecule has 0 radical (unpaired) electrons. The van der Waals surface area contributed by atoms with Crippen molar-refractivity contribution in [3.8, 4) is 0 Å². The third kappa shape index (κ3) is 0.905. The minimum Gasteiger partial charge on any atom is -0.457 e. The van der Waals surface area contributed by atoms with Crippen LogP contribution in [-0.4, -0.2) is 11.1 Å². The smallest absolute Gasteiger partial charge is 0.339 e. The van der Waals surface area contributed by atoms with Gasteiger partial charge >= 0.3 is 5.97 Å². The predicted molar refractivity (Wildman–Crippen MR) is 41.5 cm³/mol. The lowest BCUT2D eigenvalue weighted by Crippen LogP contribution is -1.99. The Morgan fingerprint density at radius 3 is 3.08 bits per heavy atom. The molecule has 0 unspecified atom stereocenters. The van der Waals surface area contributed by atoms with Crippen LogP contribution >= 0.6 is 0 Å². The molecule has 1 heterocycles. The Morgan fingerprint density at radius 1 is 1.50 bits per heavy atom. The molecule has 1 N–H and O–H groups in total. The van der Waals surface area contributed by atoms with Crippen LogP contribution in [0.4, 0.5) is 0 Å². The number of carbonyl (C=O) groups is 1. The lowest BCUT2D eigenvalue weighted by Gasteiger charge is -1.99. The molecule has 0 saturated heterocycles. The second kappa shape index (κ2) is 2.60. The zero-order valence-corrected chi connectivity index (χ0v) is 6.41. The highest BCUT2D eigenvalue weighted by molar-refractivity contribution is 5.94. The van der Waals surface area contributed by atoms with Gasteiger partial charge in [-0.05, 0) is 5.56 Å². The van der Waals surface area contributed by atoms with Gasteiger partial charge in [-0.3, -0.25) is 0 Å². The maximum absolute atomic E-state index is 11.1. The highest BCUT2D eigenvalue weighted by Gasteiger charge is 2.23. The molecule has 0 bridgehead atoms. The largest absolute Gasteiger partial charge is 0.457 e. The fourth-order valence-electron chi connectivity index (χ4n) is 1.38. The van der Waals surface area contributed by atoms with Gasteiger partial charge in [0.05, 0.1) is 12.2 Å². The molecule has 3 nitrogen and oxygen atoms in total. The van der Waals surface area contributed by atoms with Crippen LogP contribution in [0.15, 0.2) is 18.2 Å². The molecule has 0 saturated carbocycles. The number of fused-ring (bicyclic) bond motifs is 1. The Kier molecular flexibility index (Phi) is 1.59. The van der Waals surface area contributed by atoms with E-state index in [-0.39, 0.29) is 12.6 Å². The number of benzene rings is 1. The van der Waals surface area contributed by atoms with E-state index in [1.807, 2.05) is 12.1 Å². The molecule has 1 aromatic carbocycles. The Labute approximate surface area is 69.6 Å². The van der Waals surface area contributed by atoms with Crippen molar-refractivity contribution in [3.05, 3.63) is 34.9 Å². The van der Waals surface area contributed by atoms with Crippen molar-refractivity contribution in [2.24, 2.45) is 0 Å². The van der Waals surface area contributed by atoms with E-state index in [4.69, 9.17) is 9.84 Å². The number of rotatable bonds is 1. The monoisotopic (exact) mass is 164 g/mol. The Balaban J connectivity index is 2.60. The molecule has 3 heteroatoms. The molecule has 0 aliphatic carbocycles. The highest BCUT2D eigenvalue weighted by Crippen LogP contribution is 2.23. The van der Waals surface area contributed by atoms with Crippen molar-refractivity contribution in [2.75, 3.05) is 0 Å². The average Bonchev–Trinajstić information content (AvgIpc) is 2.48. The van der Waals surface area contributed by atoms with Crippen molar-refractivity contribution in [3.63, 3.8) is 0 Å². The first-order valence-corrected chi connectivity index (χ1v) is 3.71. The summed E-state index contributed by atoms with van der Waals surface area (Å²) in [5.74, 6) is -0.324. The second-order valence-corrected chi connectivity index (χ2v) is 2.69. The molecule has 1 aliphatic rings. The minimum absolute atomic E-state index is 0.113. The van der Waals surface area contributed by atoms with Crippen LogP contribution in [0.5, 0.6) is 0 Å². The molecule has 62 valence electrons. The van der Waals surface area contributed by atoms with Crippen LogP contribution in [0.1, 0.15) is 21.5 Å². The molecule has 0 fully saturated rings. The summed E-state index contributed by atoms with van der Waals surface area (Å²) >= 11 is 0. The molecule has 0 spiro atoms. The quantitative estimate of drug-likeness (QED) is 0.626. The van der Waals surface area contributed by atoms with E-state index >= 15 is 0 Å². The highest BCUT2D eigenvalue weighted by atomic mass is 16.5. The van der Waals surface area contributed by atoms with Crippen LogP contribution in [0, 0.1) is 0 Å². The minimum atomic E-state index is -0.324. The van der Waals surface area contributed by atoms with Gasteiger partial charge in [-0.25, -0.2) is 4.79 Å². The molecule has 1 aromatic rings. The Morgan fingerprint density at radius 2 is 2.33 bits per heavy atom. The molecule has 0 amide bonds. The Bertz CT molecular complexity index is 331. The van der Waals surface area contributed by atoms with Crippen LogP contribution in [-0.2, 0) is 18.0 Å². The van der Waals surface area contributed by atoms with E-state index in [1.54, 1.807) is 6.07 Å². The SMILES string of the molecule is O=C1OCc2cccc(CO)c21. The second-order valence-electron chi connectivity index (χ2n) is 2.69. The van der Waals surface area contributed by atoms with Crippen molar-refractivity contribution in [1.82, 2.24) is 0 Å². The van der Waals surface area contributed by atoms with Gasteiger partial charge in [0.25, 0.3) is 0 Å². The molecular weight excluding hydrogens is 156 g/mol. The molecule has 0 aromatic heterocycles. The summed E-state index contributed by atoms with van der Waals surface area (Å²) in [6.45, 7) is 0.222. The number of ether oxygens (including phenoxy) is 1. The molecule has 12 heavy (non-hydrogen) atoms. The summed E-state index contributed by atoms with van der Waals surface area (Å²) in [4.78, 5) is 11.1. The summed E-state index contributed by atoms with van der Waals surface area (Å²) in [5.41, 5.74) is 2.06. The third-order valence-electron chi connectivity index (χ3n) is 1.97. The summed E-state index contributed by atoms with van der Waals surface area (Å²) in [5, 5.41) is 8.91. The van der Waals surface area contributed by atoms with Gasteiger partial charge in [0.15, 0.2) is 0 Å². The molecule has 2 rings (SSSR count). The zero-order chi connectivity index (χ0) is 8.55. The summed E-state index contributed by atoms with van der Waals surface area (Å²) in [6, 6.07) is 5.37. The fourth-order valence-corrected chi connectivity index (χ4v) is 1.38. The Hall–Kier alpha value is -1.35. The summed E-state index contributed by atoms with van der Waals surface area (Å²) < 4.78 is 4.82. The van der Waals surface area contributed by atoms with Gasteiger partial charge in [0, 0.05) is 5.56 Å². The standard InChI is InChI=1S/C9H8O3/c10-4-6-2-1-3-7-5-12-9(11)8(6)7/h1-3,10H,4-5H2. The van der Waals surface area contributed by atoms with Crippen LogP contribution in [0.25, 0.3) is 0 Å². The third-order valence-corrected chi connectivity index (χ3v) is 1.97. The van der Waals surface area contributed by atoms with Crippen LogP contribution in [0.2, 0.25) is 0 Å². The first kappa shape index (κ1) is 7.31. The van der Waals surface area contributed by atoms with Gasteiger partial charge in [0.2, 0.25) is 0 Å². The molecule has 1 aliphatic heterocycles.